The summed E-state index contributed by atoms with van der Waals surface area (Å²) in [5.74, 6) is 0.605. The predicted molar refractivity (Wildman–Crippen MR) is 225 cm³/mol. The standard InChI is InChI=1S/C51H34N2O/c1-4-15-35(16-5-1)41-30-32-47(44(34-41)42-28-27-36-17-10-11-22-40(36)33-42)53(46-25-13-12-24-43(46)37-18-6-2-7-19-37)48-26-14-23-38-29-31-45-50(49(38)48)54-51(52-45)39-20-8-3-9-21-39/h1-34H. The van der Waals surface area contributed by atoms with Gasteiger partial charge in [-0.3, -0.25) is 0 Å². The summed E-state index contributed by atoms with van der Waals surface area (Å²) in [6, 6.07) is 73.1. The maximum absolute atomic E-state index is 6.75. The molecule has 0 fully saturated rings. The molecule has 1 aromatic heterocycles. The first-order valence-electron chi connectivity index (χ1n) is 18.3. The minimum atomic E-state index is 0.605. The second-order valence-electron chi connectivity index (χ2n) is 13.6. The van der Waals surface area contributed by atoms with Gasteiger partial charge >= 0.3 is 0 Å². The number of fused-ring (bicyclic) bond motifs is 4. The molecule has 3 nitrogen and oxygen atoms in total. The molecule has 0 spiro atoms. The lowest BCUT2D eigenvalue weighted by molar-refractivity contribution is 0.623. The van der Waals surface area contributed by atoms with Crippen LogP contribution in [0.15, 0.2) is 211 Å². The molecule has 10 aromatic rings. The van der Waals surface area contributed by atoms with Gasteiger partial charge in [0.05, 0.1) is 22.4 Å². The Balaban J connectivity index is 1.30. The number of oxazole rings is 1. The molecule has 0 atom stereocenters. The minimum Gasteiger partial charge on any atom is -0.435 e. The number of anilines is 3. The van der Waals surface area contributed by atoms with Crippen molar-refractivity contribution in [3.05, 3.63) is 206 Å². The SMILES string of the molecule is c1ccc(-c2ccc(N(c3ccccc3-c3ccccc3)c3cccc4ccc5nc(-c6ccccc6)oc5c34)c(-c3ccc4ccccc4c3)c2)cc1. The Morgan fingerprint density at radius 1 is 0.352 bits per heavy atom. The van der Waals surface area contributed by atoms with Crippen molar-refractivity contribution >= 4 is 49.7 Å². The van der Waals surface area contributed by atoms with Crippen molar-refractivity contribution in [2.24, 2.45) is 0 Å². The molecule has 254 valence electrons. The van der Waals surface area contributed by atoms with Crippen LogP contribution in [-0.2, 0) is 0 Å². The van der Waals surface area contributed by atoms with E-state index < -0.39 is 0 Å². The lowest BCUT2D eigenvalue weighted by Gasteiger charge is -2.31. The van der Waals surface area contributed by atoms with Crippen molar-refractivity contribution in [1.82, 2.24) is 4.98 Å². The molecule has 0 radical (unpaired) electrons. The van der Waals surface area contributed by atoms with Gasteiger partial charge in [-0.05, 0) is 86.9 Å². The third kappa shape index (κ3) is 5.60. The van der Waals surface area contributed by atoms with Crippen molar-refractivity contribution in [2.45, 2.75) is 0 Å². The maximum atomic E-state index is 6.75. The van der Waals surface area contributed by atoms with Crippen molar-refractivity contribution in [2.75, 3.05) is 4.90 Å². The van der Waals surface area contributed by atoms with E-state index in [9.17, 15) is 0 Å². The Morgan fingerprint density at radius 2 is 0.944 bits per heavy atom. The van der Waals surface area contributed by atoms with Gasteiger partial charge in [0.25, 0.3) is 0 Å². The average molecular weight is 691 g/mol. The first-order chi connectivity index (χ1) is 26.8. The monoisotopic (exact) mass is 690 g/mol. The van der Waals surface area contributed by atoms with E-state index >= 15 is 0 Å². The van der Waals surface area contributed by atoms with Crippen LogP contribution in [0.25, 0.3) is 77.5 Å². The summed E-state index contributed by atoms with van der Waals surface area (Å²) in [5, 5.41) is 4.49. The molecule has 0 aliphatic heterocycles. The lowest BCUT2D eigenvalue weighted by Crippen LogP contribution is -2.13. The van der Waals surface area contributed by atoms with E-state index in [4.69, 9.17) is 9.40 Å². The molecule has 10 rings (SSSR count). The van der Waals surface area contributed by atoms with Crippen LogP contribution in [0.2, 0.25) is 0 Å². The number of aromatic nitrogens is 1. The summed E-state index contributed by atoms with van der Waals surface area (Å²) in [7, 11) is 0. The zero-order chi connectivity index (χ0) is 35.8. The van der Waals surface area contributed by atoms with E-state index in [-0.39, 0.29) is 0 Å². The normalized spacial score (nSPS) is 11.3. The van der Waals surface area contributed by atoms with E-state index in [0.717, 1.165) is 72.3 Å². The largest absolute Gasteiger partial charge is 0.435 e. The Labute approximate surface area is 314 Å². The molecular formula is C51H34N2O. The number of nitrogens with zero attached hydrogens (tertiary/aromatic N) is 2. The second kappa shape index (κ2) is 13.4. The molecule has 0 unspecified atom stereocenters. The van der Waals surface area contributed by atoms with Crippen LogP contribution in [0.4, 0.5) is 17.1 Å². The van der Waals surface area contributed by atoms with Crippen molar-refractivity contribution in [1.29, 1.82) is 0 Å². The number of hydrogen-bond acceptors (Lipinski definition) is 3. The zero-order valence-corrected chi connectivity index (χ0v) is 29.4. The molecule has 54 heavy (non-hydrogen) atoms. The summed E-state index contributed by atoms with van der Waals surface area (Å²) in [4.78, 5) is 7.42. The Hall–Kier alpha value is -7.23. The van der Waals surface area contributed by atoms with Gasteiger partial charge in [0.15, 0.2) is 5.58 Å². The smallest absolute Gasteiger partial charge is 0.227 e. The summed E-state index contributed by atoms with van der Waals surface area (Å²) >= 11 is 0. The van der Waals surface area contributed by atoms with Gasteiger partial charge in [0.1, 0.15) is 5.52 Å². The number of rotatable bonds is 7. The molecule has 0 bridgehead atoms. The molecule has 3 heteroatoms. The topological polar surface area (TPSA) is 29.3 Å². The van der Waals surface area contributed by atoms with E-state index in [1.165, 1.54) is 16.3 Å². The molecule has 0 saturated carbocycles. The van der Waals surface area contributed by atoms with Gasteiger partial charge in [-0.25, -0.2) is 4.98 Å². The van der Waals surface area contributed by atoms with Crippen LogP contribution in [0.5, 0.6) is 0 Å². The van der Waals surface area contributed by atoms with Gasteiger partial charge < -0.3 is 9.32 Å². The number of para-hydroxylation sites is 1. The molecule has 1 heterocycles. The fourth-order valence-electron chi connectivity index (χ4n) is 7.68. The average Bonchev–Trinajstić information content (AvgIpc) is 3.70. The van der Waals surface area contributed by atoms with Crippen molar-refractivity contribution in [3.63, 3.8) is 0 Å². The molecule has 0 aliphatic rings. The van der Waals surface area contributed by atoms with Crippen LogP contribution in [0, 0.1) is 0 Å². The molecule has 0 N–H and O–H groups in total. The van der Waals surface area contributed by atoms with Gasteiger partial charge in [-0.1, -0.05) is 158 Å². The summed E-state index contributed by atoms with van der Waals surface area (Å²) in [6.07, 6.45) is 0. The quantitative estimate of drug-likeness (QED) is 0.167. The third-order valence-electron chi connectivity index (χ3n) is 10.3. The highest BCUT2D eigenvalue weighted by atomic mass is 16.3. The summed E-state index contributed by atoms with van der Waals surface area (Å²) in [5.41, 5.74) is 12.5. The first kappa shape index (κ1) is 31.5. The third-order valence-corrected chi connectivity index (χ3v) is 10.3. The van der Waals surface area contributed by atoms with Crippen molar-refractivity contribution in [3.8, 4) is 44.8 Å². The predicted octanol–water partition coefficient (Wildman–Crippen LogP) is 14.3. The zero-order valence-electron chi connectivity index (χ0n) is 29.4. The minimum absolute atomic E-state index is 0.605. The van der Waals surface area contributed by atoms with Gasteiger partial charge in [0.2, 0.25) is 5.89 Å². The van der Waals surface area contributed by atoms with Crippen LogP contribution in [0.1, 0.15) is 0 Å². The Morgan fingerprint density at radius 3 is 1.74 bits per heavy atom. The molecule has 9 aromatic carbocycles. The second-order valence-corrected chi connectivity index (χ2v) is 13.6. The van der Waals surface area contributed by atoms with E-state index in [2.05, 4.69) is 181 Å². The number of hydrogen-bond donors (Lipinski definition) is 0. The van der Waals surface area contributed by atoms with E-state index in [0.29, 0.717) is 5.89 Å². The fraction of sp³-hybridized carbons (Fsp3) is 0. The molecular weight excluding hydrogens is 657 g/mol. The lowest BCUT2D eigenvalue weighted by atomic mass is 9.93. The van der Waals surface area contributed by atoms with Crippen LogP contribution in [0.3, 0.4) is 0 Å². The molecule has 0 aliphatic carbocycles. The van der Waals surface area contributed by atoms with Gasteiger partial charge in [0, 0.05) is 16.7 Å². The highest BCUT2D eigenvalue weighted by Crippen LogP contribution is 2.49. The van der Waals surface area contributed by atoms with Crippen LogP contribution >= 0.6 is 0 Å². The van der Waals surface area contributed by atoms with Gasteiger partial charge in [-0.15, -0.1) is 0 Å². The summed E-state index contributed by atoms with van der Waals surface area (Å²) in [6.45, 7) is 0. The Kier molecular flexibility index (Phi) is 7.81. The van der Waals surface area contributed by atoms with Crippen LogP contribution in [-0.4, -0.2) is 4.98 Å². The van der Waals surface area contributed by atoms with Crippen LogP contribution < -0.4 is 4.90 Å². The maximum Gasteiger partial charge on any atom is 0.227 e. The first-order valence-corrected chi connectivity index (χ1v) is 18.3. The fourth-order valence-corrected chi connectivity index (χ4v) is 7.68. The highest BCUT2D eigenvalue weighted by Gasteiger charge is 2.25. The van der Waals surface area contributed by atoms with E-state index in [1.54, 1.807) is 0 Å². The summed E-state index contributed by atoms with van der Waals surface area (Å²) < 4.78 is 6.75. The van der Waals surface area contributed by atoms with E-state index in [1.807, 2.05) is 30.3 Å². The molecule has 0 saturated heterocycles. The molecule has 0 amide bonds. The Bertz CT molecular complexity index is 2930. The van der Waals surface area contributed by atoms with Gasteiger partial charge in [-0.2, -0.15) is 0 Å². The van der Waals surface area contributed by atoms with Crippen molar-refractivity contribution < 1.29 is 4.42 Å². The highest BCUT2D eigenvalue weighted by molar-refractivity contribution is 6.13. The number of benzene rings is 9.